The predicted octanol–water partition coefficient (Wildman–Crippen LogP) is -0.405. The molecule has 0 aromatic carbocycles. The number of hydrogen-bond acceptors (Lipinski definition) is 8. The smallest absolute Gasteiger partial charge is 0.328 e. The minimum atomic E-state index is -1.26. The quantitative estimate of drug-likeness (QED) is 0.532. The van der Waals surface area contributed by atoms with E-state index in [1.54, 1.807) is 6.20 Å². The third-order valence-corrected chi connectivity index (χ3v) is 3.56. The van der Waals surface area contributed by atoms with Gasteiger partial charge < -0.3 is 25.7 Å². The average molecular weight is 349 g/mol. The van der Waals surface area contributed by atoms with Crippen LogP contribution in [0.1, 0.15) is 17.3 Å². The number of fused-ring (bicyclic) bond motifs is 1. The van der Waals surface area contributed by atoms with E-state index in [1.165, 1.54) is 0 Å². The molecule has 0 bridgehead atoms. The van der Waals surface area contributed by atoms with Crippen molar-refractivity contribution in [2.45, 2.75) is 13.0 Å². The minimum Gasteiger partial charge on any atom is -0.478 e. The molecule has 10 heteroatoms. The maximum Gasteiger partial charge on any atom is 0.328 e. The number of ketones is 1. The Morgan fingerprint density at radius 1 is 1.24 bits per heavy atom. The number of carboxylic acids is 2. The highest BCUT2D eigenvalue weighted by Gasteiger charge is 2.29. The SMILES string of the molecule is CC1Nc2nc(N3CCNCC3)ncc2C1=O.O=C(O)/C=C\C(=O)O. The van der Waals surface area contributed by atoms with Gasteiger partial charge in [0, 0.05) is 44.5 Å². The topological polar surface area (TPSA) is 145 Å². The van der Waals surface area contributed by atoms with E-state index in [0.717, 1.165) is 26.2 Å². The van der Waals surface area contributed by atoms with Gasteiger partial charge >= 0.3 is 11.9 Å². The van der Waals surface area contributed by atoms with Crippen molar-refractivity contribution in [1.29, 1.82) is 0 Å². The number of hydrogen-bond donors (Lipinski definition) is 4. The Morgan fingerprint density at radius 3 is 2.40 bits per heavy atom. The average Bonchev–Trinajstić information content (AvgIpc) is 2.88. The van der Waals surface area contributed by atoms with Crippen molar-refractivity contribution in [2.24, 2.45) is 0 Å². The predicted molar refractivity (Wildman–Crippen MR) is 88.9 cm³/mol. The largest absolute Gasteiger partial charge is 0.478 e. The van der Waals surface area contributed by atoms with Gasteiger partial charge in [0.05, 0.1) is 11.6 Å². The summed E-state index contributed by atoms with van der Waals surface area (Å²) in [6, 6.07) is -0.183. The van der Waals surface area contributed by atoms with E-state index in [2.05, 4.69) is 25.5 Å². The summed E-state index contributed by atoms with van der Waals surface area (Å²) in [5.74, 6) is -1.06. The normalized spacial score (nSPS) is 19.0. The molecule has 1 fully saturated rings. The molecular formula is C15H19N5O5. The molecule has 3 heterocycles. The molecule has 0 aliphatic carbocycles. The lowest BCUT2D eigenvalue weighted by Crippen LogP contribution is -2.44. The molecule has 1 aromatic rings. The molecule has 2 aliphatic heterocycles. The zero-order valence-electron chi connectivity index (χ0n) is 13.6. The van der Waals surface area contributed by atoms with Crippen LogP contribution < -0.4 is 15.5 Å². The monoisotopic (exact) mass is 349 g/mol. The van der Waals surface area contributed by atoms with Crippen molar-refractivity contribution >= 4 is 29.5 Å². The molecule has 0 spiro atoms. The molecule has 3 rings (SSSR count). The fourth-order valence-electron chi connectivity index (χ4n) is 2.33. The highest BCUT2D eigenvalue weighted by atomic mass is 16.4. The second-order valence-corrected chi connectivity index (χ2v) is 5.41. The molecular weight excluding hydrogens is 330 g/mol. The van der Waals surface area contributed by atoms with Gasteiger partial charge in [0.1, 0.15) is 5.82 Å². The first kappa shape index (κ1) is 18.3. The summed E-state index contributed by atoms with van der Waals surface area (Å²) < 4.78 is 0. The van der Waals surface area contributed by atoms with Crippen LogP contribution in [0, 0.1) is 0 Å². The summed E-state index contributed by atoms with van der Waals surface area (Å²) in [5, 5.41) is 22.0. The zero-order valence-corrected chi connectivity index (χ0v) is 13.6. The van der Waals surface area contributed by atoms with Crippen LogP contribution in [0.25, 0.3) is 0 Å². The molecule has 10 nitrogen and oxygen atoms in total. The van der Waals surface area contributed by atoms with E-state index in [-0.39, 0.29) is 11.8 Å². The maximum absolute atomic E-state index is 11.7. The van der Waals surface area contributed by atoms with E-state index in [4.69, 9.17) is 10.2 Å². The standard InChI is InChI=1S/C11H15N5O.C4H4O4/c1-7-9(17)8-6-13-11(15-10(8)14-7)16-4-2-12-3-5-16;5-3(6)1-2-4(7)8/h6-7,12H,2-5H2,1H3,(H,13,14,15);1-2H,(H,5,6)(H,7,8)/b;2-1-. The highest BCUT2D eigenvalue weighted by molar-refractivity contribution is 6.09. The molecule has 1 atom stereocenters. The molecule has 1 saturated heterocycles. The van der Waals surface area contributed by atoms with Crippen LogP contribution in [0.3, 0.4) is 0 Å². The van der Waals surface area contributed by atoms with Gasteiger partial charge in [-0.25, -0.2) is 14.6 Å². The van der Waals surface area contributed by atoms with Crippen molar-refractivity contribution in [3.05, 3.63) is 23.9 Å². The Labute approximate surface area is 143 Å². The number of rotatable bonds is 3. The lowest BCUT2D eigenvalue weighted by Gasteiger charge is -2.27. The first-order valence-electron chi connectivity index (χ1n) is 7.66. The summed E-state index contributed by atoms with van der Waals surface area (Å²) in [6.45, 7) is 5.55. The van der Waals surface area contributed by atoms with Gasteiger partial charge in [-0.2, -0.15) is 4.98 Å². The number of nitrogens with one attached hydrogen (secondary N) is 2. The Bertz CT molecular complexity index is 684. The number of carboxylic acid groups (broad SMARTS) is 2. The van der Waals surface area contributed by atoms with Crippen LogP contribution in [0.15, 0.2) is 18.3 Å². The van der Waals surface area contributed by atoms with E-state index in [1.807, 2.05) is 6.92 Å². The first-order valence-corrected chi connectivity index (χ1v) is 7.66. The molecule has 1 unspecified atom stereocenters. The van der Waals surface area contributed by atoms with Crippen LogP contribution >= 0.6 is 0 Å². The Hall–Kier alpha value is -3.01. The van der Waals surface area contributed by atoms with Crippen LogP contribution in [-0.2, 0) is 9.59 Å². The minimum absolute atomic E-state index is 0.0758. The second-order valence-electron chi connectivity index (χ2n) is 5.41. The van der Waals surface area contributed by atoms with E-state index in [0.29, 0.717) is 29.5 Å². The molecule has 0 radical (unpaired) electrons. The fraction of sp³-hybridized carbons (Fsp3) is 0.400. The molecule has 0 saturated carbocycles. The van der Waals surface area contributed by atoms with Gasteiger partial charge in [-0.05, 0) is 6.92 Å². The summed E-state index contributed by atoms with van der Waals surface area (Å²) in [4.78, 5) is 41.7. The molecule has 134 valence electrons. The van der Waals surface area contributed by atoms with Crippen molar-refractivity contribution in [2.75, 3.05) is 36.4 Å². The van der Waals surface area contributed by atoms with Gasteiger partial charge in [0.2, 0.25) is 5.95 Å². The Kier molecular flexibility index (Phi) is 6.01. The van der Waals surface area contributed by atoms with Crippen molar-refractivity contribution < 1.29 is 24.6 Å². The number of aromatic nitrogens is 2. The summed E-state index contributed by atoms with van der Waals surface area (Å²) in [5.41, 5.74) is 0.608. The van der Waals surface area contributed by atoms with Gasteiger partial charge in [-0.1, -0.05) is 0 Å². The second kappa shape index (κ2) is 8.20. The Morgan fingerprint density at radius 2 is 1.84 bits per heavy atom. The van der Waals surface area contributed by atoms with Crippen LogP contribution in [0.2, 0.25) is 0 Å². The Balaban J connectivity index is 0.000000242. The van der Waals surface area contributed by atoms with Crippen molar-refractivity contribution in [1.82, 2.24) is 15.3 Å². The van der Waals surface area contributed by atoms with E-state index >= 15 is 0 Å². The molecule has 4 N–H and O–H groups in total. The summed E-state index contributed by atoms with van der Waals surface area (Å²) >= 11 is 0. The molecule has 1 aromatic heterocycles. The van der Waals surface area contributed by atoms with Gasteiger partial charge in [-0.15, -0.1) is 0 Å². The number of carbonyl (C=O) groups excluding carboxylic acids is 1. The summed E-state index contributed by atoms with van der Waals surface area (Å²) in [6.07, 6.45) is 2.75. The van der Waals surface area contributed by atoms with Crippen LogP contribution in [0.5, 0.6) is 0 Å². The van der Waals surface area contributed by atoms with Crippen molar-refractivity contribution in [3.63, 3.8) is 0 Å². The number of nitrogens with zero attached hydrogens (tertiary/aromatic N) is 3. The number of Topliss-reactive ketones (excluding diaryl/α,β-unsaturated/α-hetero) is 1. The summed E-state index contributed by atoms with van der Waals surface area (Å²) in [7, 11) is 0. The maximum atomic E-state index is 11.7. The lowest BCUT2D eigenvalue weighted by molar-refractivity contribution is -0.134. The zero-order chi connectivity index (χ0) is 18.4. The van der Waals surface area contributed by atoms with Crippen molar-refractivity contribution in [3.8, 4) is 0 Å². The third-order valence-electron chi connectivity index (χ3n) is 3.56. The van der Waals surface area contributed by atoms with Gasteiger partial charge in [0.15, 0.2) is 5.78 Å². The molecule has 2 aliphatic rings. The first-order chi connectivity index (χ1) is 11.9. The number of carbonyl (C=O) groups is 3. The molecule has 25 heavy (non-hydrogen) atoms. The number of aliphatic carboxylic acids is 2. The van der Waals surface area contributed by atoms with Gasteiger partial charge in [-0.3, -0.25) is 4.79 Å². The van der Waals surface area contributed by atoms with E-state index in [9.17, 15) is 14.4 Å². The van der Waals surface area contributed by atoms with E-state index < -0.39 is 11.9 Å². The molecule has 0 amide bonds. The number of anilines is 2. The van der Waals surface area contributed by atoms with Crippen LogP contribution in [-0.4, -0.2) is 70.1 Å². The van der Waals surface area contributed by atoms with Gasteiger partial charge in [0.25, 0.3) is 0 Å². The lowest BCUT2D eigenvalue weighted by atomic mass is 10.2. The van der Waals surface area contributed by atoms with Crippen LogP contribution in [0.4, 0.5) is 11.8 Å². The highest BCUT2D eigenvalue weighted by Crippen LogP contribution is 2.24. The third kappa shape index (κ3) is 4.98. The number of piperazine rings is 1. The fourth-order valence-corrected chi connectivity index (χ4v) is 2.33.